The molecule has 0 saturated carbocycles. The summed E-state index contributed by atoms with van der Waals surface area (Å²) < 4.78 is 5.31. The molecule has 0 bridgehead atoms. The first-order valence-electron chi connectivity index (χ1n) is 5.30. The molecule has 6 heteroatoms. The standard InChI is InChI=1S/C10H15NO3S2/c1-3-5-6-11-8(12)7(16-10(11)15)9(13)14-4-2/h7H,3-6H2,1-2H3. The van der Waals surface area contributed by atoms with Crippen molar-refractivity contribution in [2.75, 3.05) is 13.2 Å². The fourth-order valence-electron chi connectivity index (χ4n) is 1.33. The first-order valence-corrected chi connectivity index (χ1v) is 6.59. The van der Waals surface area contributed by atoms with E-state index in [2.05, 4.69) is 0 Å². The van der Waals surface area contributed by atoms with Crippen LogP contribution in [0, 0.1) is 0 Å². The fourth-order valence-corrected chi connectivity index (χ4v) is 2.70. The molecule has 0 aromatic rings. The van der Waals surface area contributed by atoms with Crippen molar-refractivity contribution >= 4 is 40.2 Å². The first-order chi connectivity index (χ1) is 7.61. The minimum Gasteiger partial charge on any atom is -0.465 e. The third-order valence-corrected chi connectivity index (χ3v) is 3.73. The predicted molar refractivity (Wildman–Crippen MR) is 67.2 cm³/mol. The van der Waals surface area contributed by atoms with Gasteiger partial charge in [-0.15, -0.1) is 0 Å². The Hall–Kier alpha value is -0.620. The van der Waals surface area contributed by atoms with Gasteiger partial charge >= 0.3 is 5.97 Å². The topological polar surface area (TPSA) is 46.6 Å². The molecule has 1 atom stereocenters. The van der Waals surface area contributed by atoms with E-state index >= 15 is 0 Å². The van der Waals surface area contributed by atoms with Crippen LogP contribution in [0.1, 0.15) is 26.7 Å². The van der Waals surface area contributed by atoms with Crippen LogP contribution in [-0.2, 0) is 14.3 Å². The second-order valence-corrected chi connectivity index (χ2v) is 5.10. The van der Waals surface area contributed by atoms with E-state index in [1.54, 1.807) is 6.92 Å². The van der Waals surface area contributed by atoms with Gasteiger partial charge in [0.2, 0.25) is 0 Å². The SMILES string of the molecule is CCCCN1C(=O)C(C(=O)OCC)SC1=S. The van der Waals surface area contributed by atoms with E-state index in [1.165, 1.54) is 4.90 Å². The number of ether oxygens (including phenoxy) is 1. The van der Waals surface area contributed by atoms with Gasteiger partial charge in [0, 0.05) is 6.54 Å². The second kappa shape index (κ2) is 6.20. The zero-order valence-electron chi connectivity index (χ0n) is 9.39. The molecule has 0 aromatic carbocycles. The summed E-state index contributed by atoms with van der Waals surface area (Å²) in [6.45, 7) is 4.64. The van der Waals surface area contributed by atoms with E-state index in [1.807, 2.05) is 6.92 Å². The summed E-state index contributed by atoms with van der Waals surface area (Å²) in [5.41, 5.74) is 0. The molecule has 1 amide bonds. The van der Waals surface area contributed by atoms with Crippen molar-refractivity contribution in [3.05, 3.63) is 0 Å². The molecule has 0 aliphatic carbocycles. The van der Waals surface area contributed by atoms with Crippen molar-refractivity contribution in [3.63, 3.8) is 0 Å². The van der Waals surface area contributed by atoms with E-state index < -0.39 is 11.2 Å². The summed E-state index contributed by atoms with van der Waals surface area (Å²) in [4.78, 5) is 24.8. The lowest BCUT2D eigenvalue weighted by Crippen LogP contribution is -2.35. The van der Waals surface area contributed by atoms with E-state index in [0.29, 0.717) is 10.9 Å². The Balaban J connectivity index is 2.62. The van der Waals surface area contributed by atoms with Gasteiger partial charge in [-0.1, -0.05) is 37.3 Å². The lowest BCUT2D eigenvalue weighted by atomic mass is 10.3. The van der Waals surface area contributed by atoms with E-state index in [9.17, 15) is 9.59 Å². The molecule has 0 radical (unpaired) electrons. The van der Waals surface area contributed by atoms with Gasteiger partial charge in [0.15, 0.2) is 5.25 Å². The molecular formula is C10H15NO3S2. The van der Waals surface area contributed by atoms with Gasteiger partial charge in [-0.25, -0.2) is 0 Å². The zero-order chi connectivity index (χ0) is 12.1. The monoisotopic (exact) mass is 261 g/mol. The number of hydrogen-bond donors (Lipinski definition) is 0. The number of thioether (sulfide) groups is 1. The minimum absolute atomic E-state index is 0.234. The summed E-state index contributed by atoms with van der Waals surface area (Å²) in [6.07, 6.45) is 1.88. The molecule has 16 heavy (non-hydrogen) atoms. The molecule has 1 fully saturated rings. The van der Waals surface area contributed by atoms with E-state index in [0.717, 1.165) is 24.6 Å². The number of amides is 1. The summed E-state index contributed by atoms with van der Waals surface area (Å²) in [5.74, 6) is -0.722. The molecule has 0 N–H and O–H groups in total. The highest BCUT2D eigenvalue weighted by molar-refractivity contribution is 8.24. The summed E-state index contributed by atoms with van der Waals surface area (Å²) in [7, 11) is 0. The summed E-state index contributed by atoms with van der Waals surface area (Å²) in [6, 6.07) is 0. The van der Waals surface area contributed by atoms with Crippen LogP contribution in [0.15, 0.2) is 0 Å². The number of esters is 1. The highest BCUT2D eigenvalue weighted by Crippen LogP contribution is 2.28. The molecule has 90 valence electrons. The zero-order valence-corrected chi connectivity index (χ0v) is 11.0. The van der Waals surface area contributed by atoms with Crippen molar-refractivity contribution in [1.82, 2.24) is 4.90 Å². The molecule has 0 aromatic heterocycles. The molecule has 1 saturated heterocycles. The first kappa shape index (κ1) is 13.4. The van der Waals surface area contributed by atoms with Crippen LogP contribution >= 0.6 is 24.0 Å². The number of carbonyl (C=O) groups is 2. The smallest absolute Gasteiger partial charge is 0.329 e. The van der Waals surface area contributed by atoms with Crippen LogP contribution in [-0.4, -0.2) is 39.5 Å². The van der Waals surface area contributed by atoms with E-state index in [4.69, 9.17) is 17.0 Å². The largest absolute Gasteiger partial charge is 0.465 e. The van der Waals surface area contributed by atoms with Crippen LogP contribution in [0.5, 0.6) is 0 Å². The molecule has 1 unspecified atom stereocenters. The quantitative estimate of drug-likeness (QED) is 0.427. The molecule has 4 nitrogen and oxygen atoms in total. The normalized spacial score (nSPS) is 20.4. The van der Waals surface area contributed by atoms with Gasteiger partial charge < -0.3 is 4.74 Å². The highest BCUT2D eigenvalue weighted by atomic mass is 32.2. The van der Waals surface area contributed by atoms with Crippen LogP contribution in [0.4, 0.5) is 0 Å². The second-order valence-electron chi connectivity index (χ2n) is 3.36. The van der Waals surface area contributed by atoms with Gasteiger partial charge in [-0.05, 0) is 13.3 Å². The van der Waals surface area contributed by atoms with Crippen molar-refractivity contribution in [2.45, 2.75) is 31.9 Å². The van der Waals surface area contributed by atoms with Gasteiger partial charge in [0.25, 0.3) is 5.91 Å². The third-order valence-electron chi connectivity index (χ3n) is 2.17. The van der Waals surface area contributed by atoms with E-state index in [-0.39, 0.29) is 12.5 Å². The number of carbonyl (C=O) groups excluding carboxylic acids is 2. The van der Waals surface area contributed by atoms with Crippen molar-refractivity contribution in [1.29, 1.82) is 0 Å². The summed E-state index contributed by atoms with van der Waals surface area (Å²) >= 11 is 6.19. The molecule has 1 heterocycles. The Bertz CT molecular complexity index is 306. The lowest BCUT2D eigenvalue weighted by molar-refractivity contribution is -0.146. The Kier molecular flexibility index (Phi) is 5.21. The Morgan fingerprint density at radius 2 is 2.25 bits per heavy atom. The fraction of sp³-hybridized carbons (Fsp3) is 0.700. The van der Waals surface area contributed by atoms with Crippen LogP contribution in [0.25, 0.3) is 0 Å². The van der Waals surface area contributed by atoms with Crippen LogP contribution in [0.3, 0.4) is 0 Å². The number of thiocarbonyl (C=S) groups is 1. The highest BCUT2D eigenvalue weighted by Gasteiger charge is 2.42. The lowest BCUT2D eigenvalue weighted by Gasteiger charge is -2.14. The minimum atomic E-state index is -0.788. The van der Waals surface area contributed by atoms with Crippen molar-refractivity contribution in [2.24, 2.45) is 0 Å². The Morgan fingerprint density at radius 1 is 1.56 bits per heavy atom. The van der Waals surface area contributed by atoms with Crippen LogP contribution in [0.2, 0.25) is 0 Å². The van der Waals surface area contributed by atoms with Gasteiger partial charge in [0.1, 0.15) is 4.32 Å². The maximum atomic E-state index is 11.9. The number of nitrogens with zero attached hydrogens (tertiary/aromatic N) is 1. The van der Waals surface area contributed by atoms with Gasteiger partial charge in [-0.3, -0.25) is 14.5 Å². The average molecular weight is 261 g/mol. The molecule has 0 spiro atoms. The number of rotatable bonds is 5. The Labute approximate surface area is 105 Å². The molecule has 1 aliphatic heterocycles. The number of hydrogen-bond acceptors (Lipinski definition) is 5. The Morgan fingerprint density at radius 3 is 2.81 bits per heavy atom. The van der Waals surface area contributed by atoms with Gasteiger partial charge in [-0.2, -0.15) is 0 Å². The maximum Gasteiger partial charge on any atom is 0.329 e. The predicted octanol–water partition coefficient (Wildman–Crippen LogP) is 1.58. The van der Waals surface area contributed by atoms with Crippen LogP contribution < -0.4 is 0 Å². The molecular weight excluding hydrogens is 246 g/mol. The molecule has 1 aliphatic rings. The molecule has 1 rings (SSSR count). The summed E-state index contributed by atoms with van der Waals surface area (Å²) in [5, 5.41) is -0.788. The maximum absolute atomic E-state index is 11.9. The van der Waals surface area contributed by atoms with Crippen molar-refractivity contribution in [3.8, 4) is 0 Å². The third kappa shape index (κ3) is 2.95. The average Bonchev–Trinajstić information content (AvgIpc) is 2.53. The van der Waals surface area contributed by atoms with Crippen molar-refractivity contribution < 1.29 is 14.3 Å². The number of unbranched alkanes of at least 4 members (excludes halogenated alkanes) is 1. The van der Waals surface area contributed by atoms with Gasteiger partial charge in [0.05, 0.1) is 6.61 Å².